The van der Waals surface area contributed by atoms with E-state index in [2.05, 4.69) is 183 Å². The minimum absolute atomic E-state index is 0.0289. The summed E-state index contributed by atoms with van der Waals surface area (Å²) in [6.07, 6.45) is 13.2. The van der Waals surface area contributed by atoms with Gasteiger partial charge < -0.3 is 4.90 Å². The Hall–Kier alpha value is -6.43. The second-order valence-electron chi connectivity index (χ2n) is 16.7. The zero-order valence-electron chi connectivity index (χ0n) is 33.0. The van der Waals surface area contributed by atoms with E-state index in [1.807, 2.05) is 12.1 Å². The molecule has 1 saturated carbocycles. The molecule has 0 aromatic heterocycles. The van der Waals surface area contributed by atoms with E-state index in [9.17, 15) is 5.26 Å². The molecule has 276 valence electrons. The molecule has 0 spiro atoms. The van der Waals surface area contributed by atoms with Gasteiger partial charge in [-0.05, 0) is 141 Å². The van der Waals surface area contributed by atoms with Crippen LogP contribution >= 0.6 is 0 Å². The van der Waals surface area contributed by atoms with Crippen LogP contribution in [0.4, 0.5) is 11.4 Å². The molecule has 7 aromatic rings. The van der Waals surface area contributed by atoms with Gasteiger partial charge in [-0.25, -0.2) is 0 Å². The summed E-state index contributed by atoms with van der Waals surface area (Å²) in [6.45, 7) is 11.9. The normalized spacial score (nSPS) is 22.1. The molecule has 57 heavy (non-hydrogen) atoms. The van der Waals surface area contributed by atoms with Gasteiger partial charge in [-0.3, -0.25) is 0 Å². The Morgan fingerprint density at radius 1 is 0.684 bits per heavy atom. The summed E-state index contributed by atoms with van der Waals surface area (Å²) < 4.78 is 0. The third-order valence-electron chi connectivity index (χ3n) is 14.0. The van der Waals surface area contributed by atoms with Gasteiger partial charge in [0.1, 0.15) is 0 Å². The van der Waals surface area contributed by atoms with Crippen LogP contribution in [0.15, 0.2) is 176 Å². The fourth-order valence-electron chi connectivity index (χ4n) is 11.0. The third kappa shape index (κ3) is 4.88. The van der Waals surface area contributed by atoms with Crippen LogP contribution in [0.1, 0.15) is 74.3 Å². The smallest absolute Gasteiger partial charge is 0.0991 e. The monoisotopic (exact) mass is 734 g/mol. The van der Waals surface area contributed by atoms with E-state index in [0.717, 1.165) is 24.1 Å². The van der Waals surface area contributed by atoms with Gasteiger partial charge in [0.2, 0.25) is 0 Å². The van der Waals surface area contributed by atoms with Gasteiger partial charge >= 0.3 is 0 Å². The number of nitrogens with zero attached hydrogens (tertiary/aromatic N) is 2. The molecule has 2 aliphatic carbocycles. The molecule has 1 aliphatic heterocycles. The summed E-state index contributed by atoms with van der Waals surface area (Å²) in [5.41, 5.74) is 13.6. The number of allylic oxidation sites excluding steroid dienone is 5. The first kappa shape index (κ1) is 35.0. The van der Waals surface area contributed by atoms with E-state index < -0.39 is 5.41 Å². The molecule has 3 aliphatic rings. The van der Waals surface area contributed by atoms with Crippen LogP contribution < -0.4 is 4.90 Å². The number of benzene rings is 7. The van der Waals surface area contributed by atoms with E-state index in [0.29, 0.717) is 5.56 Å². The van der Waals surface area contributed by atoms with Crippen LogP contribution in [-0.2, 0) is 10.8 Å². The number of hydrogen-bond donors (Lipinski definition) is 0. The van der Waals surface area contributed by atoms with E-state index >= 15 is 0 Å². The molecule has 0 amide bonds. The van der Waals surface area contributed by atoms with Crippen molar-refractivity contribution in [1.29, 1.82) is 5.26 Å². The van der Waals surface area contributed by atoms with Crippen molar-refractivity contribution in [2.75, 3.05) is 4.90 Å². The first-order chi connectivity index (χ1) is 27.8. The molecule has 0 saturated heterocycles. The lowest BCUT2D eigenvalue weighted by atomic mass is 9.61. The Morgan fingerprint density at radius 2 is 1.40 bits per heavy atom. The molecule has 10 rings (SSSR count). The summed E-state index contributed by atoms with van der Waals surface area (Å²) >= 11 is 0. The van der Waals surface area contributed by atoms with Gasteiger partial charge in [0.25, 0.3) is 0 Å². The van der Waals surface area contributed by atoms with Gasteiger partial charge in [0.15, 0.2) is 0 Å². The van der Waals surface area contributed by atoms with Crippen LogP contribution in [0.2, 0.25) is 0 Å². The Kier molecular flexibility index (Phi) is 8.03. The zero-order valence-corrected chi connectivity index (χ0v) is 33.0. The number of anilines is 2. The number of hydrogen-bond acceptors (Lipinski definition) is 2. The molecule has 1 heterocycles. The van der Waals surface area contributed by atoms with E-state index in [1.165, 1.54) is 84.6 Å². The molecule has 2 heteroatoms. The Bertz CT molecular complexity index is 2870. The van der Waals surface area contributed by atoms with E-state index in [4.69, 9.17) is 6.58 Å². The predicted molar refractivity (Wildman–Crippen MR) is 239 cm³/mol. The SMILES string of the molecule is C=C(/C=C\C=C/C)C1(c2ccccc2)c2cc(-c3ccc4c(c3)C3(C)CCCCC3(C)N4c3ccc(C#N)cc3)ccc2-c2c1ccc1c2ccc2ccccc21. The quantitative estimate of drug-likeness (QED) is 0.126. The Morgan fingerprint density at radius 3 is 2.19 bits per heavy atom. The number of rotatable bonds is 6. The van der Waals surface area contributed by atoms with Crippen molar-refractivity contribution in [3.63, 3.8) is 0 Å². The number of nitriles is 1. The highest BCUT2D eigenvalue weighted by molar-refractivity contribution is 6.14. The van der Waals surface area contributed by atoms with Gasteiger partial charge in [-0.2, -0.15) is 5.26 Å². The number of fused-ring (bicyclic) bond motifs is 10. The minimum atomic E-state index is -0.600. The van der Waals surface area contributed by atoms with Crippen molar-refractivity contribution in [1.82, 2.24) is 0 Å². The van der Waals surface area contributed by atoms with Crippen LogP contribution in [0.3, 0.4) is 0 Å². The fourth-order valence-corrected chi connectivity index (χ4v) is 11.0. The van der Waals surface area contributed by atoms with E-state index in [-0.39, 0.29) is 11.0 Å². The largest absolute Gasteiger partial charge is 0.334 e. The molecule has 0 radical (unpaired) electrons. The van der Waals surface area contributed by atoms with Crippen LogP contribution in [-0.4, -0.2) is 5.54 Å². The molecular weight excluding hydrogens is 689 g/mol. The first-order valence-corrected chi connectivity index (χ1v) is 20.4. The first-order valence-electron chi connectivity index (χ1n) is 20.4. The van der Waals surface area contributed by atoms with Crippen molar-refractivity contribution in [3.05, 3.63) is 204 Å². The maximum Gasteiger partial charge on any atom is 0.0991 e. The zero-order chi connectivity index (χ0) is 38.9. The molecule has 1 fully saturated rings. The molecule has 7 aromatic carbocycles. The Labute approximate surface area is 336 Å². The molecule has 0 bridgehead atoms. The summed E-state index contributed by atoms with van der Waals surface area (Å²) in [5.74, 6) is 0. The van der Waals surface area contributed by atoms with Gasteiger partial charge in [-0.15, -0.1) is 0 Å². The second kappa shape index (κ2) is 13.1. The molecule has 2 nitrogen and oxygen atoms in total. The molecule has 0 N–H and O–H groups in total. The maximum atomic E-state index is 9.57. The van der Waals surface area contributed by atoms with Gasteiger partial charge in [0.05, 0.1) is 22.6 Å². The van der Waals surface area contributed by atoms with Crippen molar-refractivity contribution >= 4 is 32.9 Å². The van der Waals surface area contributed by atoms with E-state index in [1.54, 1.807) is 0 Å². The van der Waals surface area contributed by atoms with Crippen molar-refractivity contribution in [3.8, 4) is 28.3 Å². The highest BCUT2D eigenvalue weighted by Gasteiger charge is 2.57. The lowest BCUT2D eigenvalue weighted by Crippen LogP contribution is -2.54. The van der Waals surface area contributed by atoms with Crippen LogP contribution in [0, 0.1) is 11.3 Å². The lowest BCUT2D eigenvalue weighted by molar-refractivity contribution is 0.195. The van der Waals surface area contributed by atoms with Crippen molar-refractivity contribution in [2.45, 2.75) is 62.8 Å². The third-order valence-corrected chi connectivity index (χ3v) is 14.0. The summed E-state index contributed by atoms with van der Waals surface area (Å²) in [6, 6.07) is 53.9. The topological polar surface area (TPSA) is 27.0 Å². The summed E-state index contributed by atoms with van der Waals surface area (Å²) in [4.78, 5) is 2.59. The summed E-state index contributed by atoms with van der Waals surface area (Å²) in [5, 5.41) is 14.6. The highest BCUT2D eigenvalue weighted by Crippen LogP contribution is 2.62. The molecule has 3 unspecified atom stereocenters. The van der Waals surface area contributed by atoms with Crippen LogP contribution in [0.5, 0.6) is 0 Å². The van der Waals surface area contributed by atoms with Gasteiger partial charge in [0, 0.05) is 16.8 Å². The fraction of sp³-hybridized carbons (Fsp3) is 0.182. The standard InChI is InChI=1S/C55H46N2/c1-5-6-8-15-37(2)55(42-17-9-7-10-18-42)48-30-29-45-44-19-12-11-16-39(44)22-27-46(45)52(48)47-28-23-40(34-49(47)55)41-24-31-51-50(35-41)53(3)32-13-14-33-54(53,4)57(51)43-25-20-38(36-56)21-26-43/h5-12,15-31,34-35H,2,13-14,32-33H2,1,3-4H3/b6-5-,15-8-. The van der Waals surface area contributed by atoms with Crippen molar-refractivity contribution in [2.24, 2.45) is 0 Å². The maximum absolute atomic E-state index is 9.57. The lowest BCUT2D eigenvalue weighted by Gasteiger charge is -2.50. The summed E-state index contributed by atoms with van der Waals surface area (Å²) in [7, 11) is 0. The van der Waals surface area contributed by atoms with Crippen molar-refractivity contribution < 1.29 is 0 Å². The van der Waals surface area contributed by atoms with Crippen LogP contribution in [0.25, 0.3) is 43.8 Å². The average molecular weight is 735 g/mol. The molecular formula is C55H46N2. The highest BCUT2D eigenvalue weighted by atomic mass is 15.3. The second-order valence-corrected chi connectivity index (χ2v) is 16.7. The van der Waals surface area contributed by atoms with Gasteiger partial charge in [-0.1, -0.05) is 148 Å². The average Bonchev–Trinajstić information content (AvgIpc) is 3.67. The Balaban J connectivity index is 1.21. The predicted octanol–water partition coefficient (Wildman–Crippen LogP) is 14.3. The minimum Gasteiger partial charge on any atom is -0.334 e. The molecule has 3 atom stereocenters.